The second-order valence-electron chi connectivity index (χ2n) is 4.76. The molecule has 88 valence electrons. The molecule has 0 radical (unpaired) electrons. The Morgan fingerprint density at radius 2 is 2.06 bits per heavy atom. The van der Waals surface area contributed by atoms with E-state index in [1.165, 1.54) is 5.56 Å². The fourth-order valence-electron chi connectivity index (χ4n) is 1.80. The van der Waals surface area contributed by atoms with Gasteiger partial charge in [-0.1, -0.05) is 24.1 Å². The van der Waals surface area contributed by atoms with Crippen molar-refractivity contribution < 1.29 is 4.42 Å². The zero-order chi connectivity index (χ0) is 12.5. The van der Waals surface area contributed by atoms with Crippen LogP contribution in [0.2, 0.25) is 0 Å². The lowest BCUT2D eigenvalue weighted by atomic mass is 10.1. The number of para-hydroxylation sites is 1. The minimum Gasteiger partial charge on any atom is -0.461 e. The van der Waals surface area contributed by atoms with Gasteiger partial charge in [-0.25, -0.2) is 0 Å². The smallest absolute Gasteiger partial charge is 0.134 e. The highest BCUT2D eigenvalue weighted by atomic mass is 16.3. The molecule has 0 unspecified atom stereocenters. The third kappa shape index (κ3) is 2.35. The normalized spacial score (nSPS) is 11.6. The van der Waals surface area contributed by atoms with E-state index in [1.54, 1.807) is 0 Å². The first-order valence-corrected chi connectivity index (χ1v) is 5.73. The number of rotatable bonds is 3. The van der Waals surface area contributed by atoms with E-state index in [0.717, 1.165) is 23.3 Å². The van der Waals surface area contributed by atoms with Crippen LogP contribution in [0, 0.1) is 19.3 Å². The van der Waals surface area contributed by atoms with Crippen LogP contribution in [0.3, 0.4) is 0 Å². The summed E-state index contributed by atoms with van der Waals surface area (Å²) in [5, 5.41) is 4.51. The molecule has 0 atom stereocenters. The van der Waals surface area contributed by atoms with Crippen molar-refractivity contribution in [2.45, 2.75) is 32.9 Å². The minimum absolute atomic E-state index is 0.301. The van der Waals surface area contributed by atoms with Gasteiger partial charge in [-0.2, -0.15) is 0 Å². The molecule has 2 aromatic rings. The Labute approximate surface area is 102 Å². The highest BCUT2D eigenvalue weighted by Crippen LogP contribution is 2.25. The van der Waals surface area contributed by atoms with Gasteiger partial charge in [0.05, 0.1) is 5.54 Å². The molecule has 17 heavy (non-hydrogen) atoms. The van der Waals surface area contributed by atoms with Crippen LogP contribution in [0.1, 0.15) is 25.2 Å². The van der Waals surface area contributed by atoms with Gasteiger partial charge in [-0.3, -0.25) is 5.32 Å². The highest BCUT2D eigenvalue weighted by molar-refractivity contribution is 5.82. The second kappa shape index (κ2) is 4.27. The topological polar surface area (TPSA) is 25.2 Å². The predicted octanol–water partition coefficient (Wildman–Crippen LogP) is 3.24. The van der Waals surface area contributed by atoms with E-state index in [2.05, 4.69) is 17.3 Å². The lowest BCUT2D eigenvalue weighted by molar-refractivity contribution is 0.484. The van der Waals surface area contributed by atoms with Gasteiger partial charge in [0.1, 0.15) is 11.3 Å². The van der Waals surface area contributed by atoms with Crippen molar-refractivity contribution in [3.05, 3.63) is 35.6 Å². The summed E-state index contributed by atoms with van der Waals surface area (Å²) in [6, 6.07) is 8.06. The van der Waals surface area contributed by atoms with Crippen molar-refractivity contribution in [1.29, 1.82) is 0 Å². The monoisotopic (exact) mass is 227 g/mol. The molecule has 1 heterocycles. The molecule has 0 aliphatic rings. The molecular weight excluding hydrogens is 210 g/mol. The molecule has 0 aliphatic heterocycles. The highest BCUT2D eigenvalue weighted by Gasteiger charge is 2.16. The molecule has 0 saturated heterocycles. The van der Waals surface area contributed by atoms with Gasteiger partial charge in [-0.15, -0.1) is 6.42 Å². The van der Waals surface area contributed by atoms with Gasteiger partial charge in [0.2, 0.25) is 0 Å². The lowest BCUT2D eigenvalue weighted by Crippen LogP contribution is -2.37. The summed E-state index contributed by atoms with van der Waals surface area (Å²) in [5.74, 6) is 3.68. The summed E-state index contributed by atoms with van der Waals surface area (Å²) in [7, 11) is 0. The summed E-state index contributed by atoms with van der Waals surface area (Å²) < 4.78 is 5.71. The third-order valence-corrected chi connectivity index (χ3v) is 2.97. The second-order valence-corrected chi connectivity index (χ2v) is 4.76. The number of terminal acetylenes is 1. The van der Waals surface area contributed by atoms with Gasteiger partial charge < -0.3 is 4.42 Å². The average Bonchev–Trinajstić information content (AvgIpc) is 2.62. The Bertz CT molecular complexity index is 572. The van der Waals surface area contributed by atoms with E-state index in [4.69, 9.17) is 10.8 Å². The van der Waals surface area contributed by atoms with Crippen LogP contribution in [0.5, 0.6) is 0 Å². The summed E-state index contributed by atoms with van der Waals surface area (Å²) in [5.41, 5.74) is 1.81. The van der Waals surface area contributed by atoms with Crippen LogP contribution >= 0.6 is 0 Å². The van der Waals surface area contributed by atoms with Gasteiger partial charge in [0, 0.05) is 17.5 Å². The summed E-state index contributed by atoms with van der Waals surface area (Å²) >= 11 is 0. The van der Waals surface area contributed by atoms with E-state index in [9.17, 15) is 0 Å². The van der Waals surface area contributed by atoms with Gasteiger partial charge in [0.15, 0.2) is 0 Å². The van der Waals surface area contributed by atoms with E-state index in [-0.39, 0.29) is 5.54 Å². The first-order valence-electron chi connectivity index (χ1n) is 5.73. The first-order chi connectivity index (χ1) is 8.03. The first kappa shape index (κ1) is 11.8. The Kier molecular flexibility index (Phi) is 2.95. The molecule has 0 fully saturated rings. The van der Waals surface area contributed by atoms with Crippen LogP contribution in [0.25, 0.3) is 11.0 Å². The van der Waals surface area contributed by atoms with Crippen molar-refractivity contribution in [2.24, 2.45) is 0 Å². The molecule has 1 aromatic carbocycles. The standard InChI is InChI=1S/C15H17NO/c1-5-15(3,4)16-10-13-11(2)17-14-9-7-6-8-12(13)14/h1,6-9,16H,10H2,2-4H3. The molecule has 2 rings (SSSR count). The molecule has 2 heteroatoms. The maximum atomic E-state index is 5.71. The molecule has 1 N–H and O–H groups in total. The van der Waals surface area contributed by atoms with E-state index >= 15 is 0 Å². The summed E-state index contributed by atoms with van der Waals surface area (Å²) in [4.78, 5) is 0. The van der Waals surface area contributed by atoms with E-state index in [1.807, 2.05) is 39.0 Å². The van der Waals surface area contributed by atoms with Crippen molar-refractivity contribution in [2.75, 3.05) is 0 Å². The third-order valence-electron chi connectivity index (χ3n) is 2.97. The fraction of sp³-hybridized carbons (Fsp3) is 0.333. The maximum Gasteiger partial charge on any atom is 0.134 e. The Morgan fingerprint density at radius 1 is 1.35 bits per heavy atom. The molecule has 0 spiro atoms. The summed E-state index contributed by atoms with van der Waals surface area (Å²) in [6.45, 7) is 6.69. The number of furan rings is 1. The lowest BCUT2D eigenvalue weighted by Gasteiger charge is -2.19. The number of benzene rings is 1. The predicted molar refractivity (Wildman–Crippen MR) is 70.7 cm³/mol. The molecule has 0 saturated carbocycles. The molecule has 0 bridgehead atoms. The van der Waals surface area contributed by atoms with Crippen molar-refractivity contribution in [3.8, 4) is 12.3 Å². The molecular formula is C15H17NO. The minimum atomic E-state index is -0.301. The number of aryl methyl sites for hydroxylation is 1. The van der Waals surface area contributed by atoms with Crippen molar-refractivity contribution in [1.82, 2.24) is 5.32 Å². The molecule has 2 nitrogen and oxygen atoms in total. The van der Waals surface area contributed by atoms with Gasteiger partial charge in [0.25, 0.3) is 0 Å². The SMILES string of the molecule is C#CC(C)(C)NCc1c(C)oc2ccccc12. The van der Waals surface area contributed by atoms with E-state index in [0.29, 0.717) is 0 Å². The molecule has 0 amide bonds. The number of hydrogen-bond donors (Lipinski definition) is 1. The van der Waals surface area contributed by atoms with Gasteiger partial charge >= 0.3 is 0 Å². The van der Waals surface area contributed by atoms with E-state index < -0.39 is 0 Å². The van der Waals surface area contributed by atoms with Crippen LogP contribution in [-0.2, 0) is 6.54 Å². The largest absolute Gasteiger partial charge is 0.461 e. The van der Waals surface area contributed by atoms with Crippen molar-refractivity contribution in [3.63, 3.8) is 0 Å². The van der Waals surface area contributed by atoms with Crippen LogP contribution < -0.4 is 5.32 Å². The van der Waals surface area contributed by atoms with Crippen LogP contribution in [0.4, 0.5) is 0 Å². The quantitative estimate of drug-likeness (QED) is 0.814. The summed E-state index contributed by atoms with van der Waals surface area (Å²) in [6.07, 6.45) is 5.46. The maximum absolute atomic E-state index is 5.71. The van der Waals surface area contributed by atoms with Gasteiger partial charge in [-0.05, 0) is 26.8 Å². The zero-order valence-corrected chi connectivity index (χ0v) is 10.5. The number of nitrogens with one attached hydrogen (secondary N) is 1. The van der Waals surface area contributed by atoms with Crippen LogP contribution in [-0.4, -0.2) is 5.54 Å². The van der Waals surface area contributed by atoms with Crippen LogP contribution in [0.15, 0.2) is 28.7 Å². The number of hydrogen-bond acceptors (Lipinski definition) is 2. The Morgan fingerprint density at radius 3 is 2.76 bits per heavy atom. The molecule has 1 aromatic heterocycles. The fourth-order valence-corrected chi connectivity index (χ4v) is 1.80. The molecule has 0 aliphatic carbocycles. The Hall–Kier alpha value is -1.72. The van der Waals surface area contributed by atoms with Crippen molar-refractivity contribution >= 4 is 11.0 Å². The average molecular weight is 227 g/mol. The Balaban J connectivity index is 2.31. The number of fused-ring (bicyclic) bond motifs is 1. The zero-order valence-electron chi connectivity index (χ0n) is 10.5.